The predicted molar refractivity (Wildman–Crippen MR) is 93.8 cm³/mol. The van der Waals surface area contributed by atoms with Crippen LogP contribution in [0.1, 0.15) is 5.56 Å². The number of hydrogen-bond acceptors (Lipinski definition) is 3. The Bertz CT molecular complexity index is 1030. The Morgan fingerprint density at radius 2 is 1.70 bits per heavy atom. The molecule has 0 bridgehead atoms. The molecular formula is C19H17N3O. The number of anilines is 1. The molecule has 4 heteroatoms. The van der Waals surface area contributed by atoms with Crippen LogP contribution in [0.15, 0.2) is 54.7 Å². The number of pyridine rings is 1. The molecule has 0 saturated heterocycles. The van der Waals surface area contributed by atoms with Crippen LogP contribution in [0.5, 0.6) is 5.75 Å². The number of nitrogen functional groups attached to an aromatic ring is 1. The first kappa shape index (κ1) is 13.6. The van der Waals surface area contributed by atoms with E-state index in [0.29, 0.717) is 5.82 Å². The summed E-state index contributed by atoms with van der Waals surface area (Å²) >= 11 is 0. The molecule has 114 valence electrons. The van der Waals surface area contributed by atoms with Crippen LogP contribution in [-0.4, -0.2) is 16.5 Å². The lowest BCUT2D eigenvalue weighted by Crippen LogP contribution is -1.97. The minimum Gasteiger partial charge on any atom is -0.495 e. The Morgan fingerprint density at radius 1 is 1.00 bits per heavy atom. The van der Waals surface area contributed by atoms with Crippen LogP contribution in [0, 0.1) is 6.92 Å². The van der Waals surface area contributed by atoms with Gasteiger partial charge in [-0.05, 0) is 12.5 Å². The second kappa shape index (κ2) is 5.02. The molecule has 2 N–H and O–H groups in total. The van der Waals surface area contributed by atoms with Crippen molar-refractivity contribution in [1.82, 2.24) is 9.38 Å². The Labute approximate surface area is 134 Å². The molecule has 0 unspecified atom stereocenters. The van der Waals surface area contributed by atoms with Gasteiger partial charge < -0.3 is 10.5 Å². The molecule has 2 heterocycles. The van der Waals surface area contributed by atoms with Crippen LogP contribution in [0.4, 0.5) is 5.82 Å². The van der Waals surface area contributed by atoms with Crippen molar-refractivity contribution < 1.29 is 4.74 Å². The molecule has 0 aliphatic rings. The van der Waals surface area contributed by atoms with Crippen LogP contribution in [0.2, 0.25) is 0 Å². The van der Waals surface area contributed by atoms with Gasteiger partial charge in [-0.25, -0.2) is 4.98 Å². The number of nitrogens with zero attached hydrogens (tertiary/aromatic N) is 2. The zero-order valence-corrected chi connectivity index (χ0v) is 13.1. The number of methoxy groups -OCH3 is 1. The lowest BCUT2D eigenvalue weighted by Gasteiger charge is -2.07. The van der Waals surface area contributed by atoms with Crippen molar-refractivity contribution in [2.45, 2.75) is 6.92 Å². The maximum absolute atomic E-state index is 6.40. The quantitative estimate of drug-likeness (QED) is 0.607. The van der Waals surface area contributed by atoms with E-state index in [9.17, 15) is 0 Å². The van der Waals surface area contributed by atoms with Crippen LogP contribution >= 0.6 is 0 Å². The maximum Gasteiger partial charge on any atom is 0.147 e. The molecule has 0 fully saturated rings. The Morgan fingerprint density at radius 3 is 2.43 bits per heavy atom. The fourth-order valence-corrected chi connectivity index (χ4v) is 3.05. The average Bonchev–Trinajstić information content (AvgIpc) is 2.91. The average molecular weight is 303 g/mol. The van der Waals surface area contributed by atoms with Crippen molar-refractivity contribution >= 4 is 22.2 Å². The number of fused-ring (bicyclic) bond motifs is 3. The van der Waals surface area contributed by atoms with Gasteiger partial charge in [0.25, 0.3) is 0 Å². The second-order valence-electron chi connectivity index (χ2n) is 5.60. The fourth-order valence-electron chi connectivity index (χ4n) is 3.05. The molecule has 2 aromatic heterocycles. The van der Waals surface area contributed by atoms with Crippen LogP contribution in [0.3, 0.4) is 0 Å². The Kier molecular flexibility index (Phi) is 2.98. The van der Waals surface area contributed by atoms with Crippen molar-refractivity contribution in [3.63, 3.8) is 0 Å². The molecule has 4 aromatic rings. The minimum absolute atomic E-state index is 0.623. The van der Waals surface area contributed by atoms with Crippen molar-refractivity contribution in [1.29, 1.82) is 0 Å². The van der Waals surface area contributed by atoms with E-state index in [1.807, 2.05) is 53.1 Å². The summed E-state index contributed by atoms with van der Waals surface area (Å²) in [4.78, 5) is 4.83. The fraction of sp³-hybridized carbons (Fsp3) is 0.105. The maximum atomic E-state index is 6.40. The van der Waals surface area contributed by atoms with E-state index in [0.717, 1.165) is 39.0 Å². The number of nitrogens with two attached hydrogens (primary N) is 1. The number of ether oxygens (including phenoxy) is 1. The van der Waals surface area contributed by atoms with Crippen molar-refractivity contribution in [2.75, 3.05) is 12.8 Å². The lowest BCUT2D eigenvalue weighted by molar-refractivity contribution is 0.417. The minimum atomic E-state index is 0.623. The van der Waals surface area contributed by atoms with Gasteiger partial charge in [0.15, 0.2) is 0 Å². The summed E-state index contributed by atoms with van der Waals surface area (Å²) in [5, 5.41) is 2.06. The number of rotatable bonds is 2. The highest BCUT2D eigenvalue weighted by Crippen LogP contribution is 2.35. The van der Waals surface area contributed by atoms with E-state index in [1.54, 1.807) is 7.11 Å². The van der Waals surface area contributed by atoms with Gasteiger partial charge in [0.1, 0.15) is 22.9 Å². The van der Waals surface area contributed by atoms with Gasteiger partial charge in [0.05, 0.1) is 13.3 Å². The van der Waals surface area contributed by atoms with Gasteiger partial charge in [0, 0.05) is 16.3 Å². The van der Waals surface area contributed by atoms with Crippen molar-refractivity contribution in [2.24, 2.45) is 0 Å². The summed E-state index contributed by atoms with van der Waals surface area (Å²) in [5.74, 6) is 1.41. The highest BCUT2D eigenvalue weighted by Gasteiger charge is 2.16. The monoisotopic (exact) mass is 303 g/mol. The number of hydrogen-bond donors (Lipinski definition) is 1. The van der Waals surface area contributed by atoms with Gasteiger partial charge in [0.2, 0.25) is 0 Å². The van der Waals surface area contributed by atoms with Crippen molar-refractivity contribution in [3.05, 3.63) is 60.3 Å². The van der Waals surface area contributed by atoms with Crippen LogP contribution in [-0.2, 0) is 0 Å². The molecule has 0 saturated carbocycles. The first-order chi connectivity index (χ1) is 11.2. The summed E-state index contributed by atoms with van der Waals surface area (Å²) in [6, 6.07) is 16.2. The molecule has 0 amide bonds. The molecule has 4 rings (SSSR count). The van der Waals surface area contributed by atoms with Gasteiger partial charge in [-0.15, -0.1) is 0 Å². The zero-order valence-electron chi connectivity index (χ0n) is 13.1. The number of imidazole rings is 1. The van der Waals surface area contributed by atoms with Gasteiger partial charge in [-0.3, -0.25) is 4.40 Å². The van der Waals surface area contributed by atoms with E-state index in [4.69, 9.17) is 15.5 Å². The smallest absolute Gasteiger partial charge is 0.147 e. The van der Waals surface area contributed by atoms with Gasteiger partial charge in [-0.2, -0.15) is 0 Å². The third-order valence-electron chi connectivity index (χ3n) is 4.25. The molecule has 0 aliphatic carbocycles. The summed E-state index contributed by atoms with van der Waals surface area (Å²) in [5.41, 5.74) is 10.3. The topological polar surface area (TPSA) is 52.5 Å². The molecule has 0 spiro atoms. The summed E-state index contributed by atoms with van der Waals surface area (Å²) in [6.07, 6.45) is 1.90. The lowest BCUT2D eigenvalue weighted by atomic mass is 10.1. The second-order valence-corrected chi connectivity index (χ2v) is 5.60. The van der Waals surface area contributed by atoms with E-state index >= 15 is 0 Å². The van der Waals surface area contributed by atoms with Gasteiger partial charge in [-0.1, -0.05) is 48.5 Å². The normalized spacial score (nSPS) is 11.2. The molecule has 2 aromatic carbocycles. The van der Waals surface area contributed by atoms with E-state index in [2.05, 4.69) is 13.0 Å². The Balaban J connectivity index is 2.13. The standard InChI is InChI=1S/C19H17N3O/c1-12-7-3-4-8-13(12)17-18(20)22-11-16(23-2)14-9-5-6-10-15(14)19(22)21-17/h3-11H,20H2,1-2H3. The summed E-state index contributed by atoms with van der Waals surface area (Å²) in [6.45, 7) is 2.07. The van der Waals surface area contributed by atoms with E-state index in [1.165, 1.54) is 0 Å². The van der Waals surface area contributed by atoms with Crippen molar-refractivity contribution in [3.8, 4) is 17.0 Å². The summed E-state index contributed by atoms with van der Waals surface area (Å²) < 4.78 is 7.43. The first-order valence-corrected chi connectivity index (χ1v) is 7.50. The number of aryl methyl sites for hydroxylation is 1. The van der Waals surface area contributed by atoms with E-state index in [-0.39, 0.29) is 0 Å². The molecule has 4 nitrogen and oxygen atoms in total. The molecular weight excluding hydrogens is 286 g/mol. The highest BCUT2D eigenvalue weighted by molar-refractivity contribution is 6.00. The Hall–Kier alpha value is -3.01. The first-order valence-electron chi connectivity index (χ1n) is 7.50. The number of benzene rings is 2. The molecule has 0 radical (unpaired) electrons. The van der Waals surface area contributed by atoms with E-state index < -0.39 is 0 Å². The van der Waals surface area contributed by atoms with Crippen LogP contribution in [0.25, 0.3) is 27.7 Å². The largest absolute Gasteiger partial charge is 0.495 e. The third-order valence-corrected chi connectivity index (χ3v) is 4.25. The van der Waals surface area contributed by atoms with Crippen LogP contribution < -0.4 is 10.5 Å². The predicted octanol–water partition coefficient (Wildman–Crippen LogP) is 4.05. The molecule has 0 atom stereocenters. The van der Waals surface area contributed by atoms with Gasteiger partial charge >= 0.3 is 0 Å². The number of aromatic nitrogens is 2. The zero-order chi connectivity index (χ0) is 16.0. The third kappa shape index (κ3) is 1.95. The summed E-state index contributed by atoms with van der Waals surface area (Å²) in [7, 11) is 1.67. The molecule has 23 heavy (non-hydrogen) atoms. The SMILES string of the molecule is COc1cn2c(N)c(-c3ccccc3C)nc2c2ccccc12. The highest BCUT2D eigenvalue weighted by atomic mass is 16.5. The molecule has 0 aliphatic heterocycles.